The van der Waals surface area contributed by atoms with E-state index < -0.39 is 0 Å². The fraction of sp³-hybridized carbons (Fsp3) is 0.647. The van der Waals surface area contributed by atoms with E-state index in [4.69, 9.17) is 0 Å². The Hall–Kier alpha value is -1.62. The molecule has 1 amide bonds. The molecule has 1 saturated heterocycles. The summed E-state index contributed by atoms with van der Waals surface area (Å²) in [4.78, 5) is 18.7. The zero-order valence-corrected chi connectivity index (χ0v) is 13.4. The molecule has 22 heavy (non-hydrogen) atoms. The average molecular weight is 305 g/mol. The second kappa shape index (κ2) is 8.73. The molecule has 0 spiro atoms. The van der Waals surface area contributed by atoms with Crippen LogP contribution >= 0.6 is 0 Å². The van der Waals surface area contributed by atoms with Crippen LogP contribution in [0.4, 0.5) is 5.82 Å². The van der Waals surface area contributed by atoms with Crippen molar-refractivity contribution in [3.05, 3.63) is 23.9 Å². The Morgan fingerprint density at radius 1 is 1.32 bits per heavy atom. The van der Waals surface area contributed by atoms with Crippen LogP contribution in [-0.4, -0.2) is 41.7 Å². The highest BCUT2D eigenvalue weighted by atomic mass is 16.3. The maximum atomic E-state index is 12.0. The van der Waals surface area contributed by atoms with Gasteiger partial charge in [0, 0.05) is 25.8 Å². The van der Waals surface area contributed by atoms with Crippen molar-refractivity contribution in [2.45, 2.75) is 51.6 Å². The summed E-state index contributed by atoms with van der Waals surface area (Å²) in [6.45, 7) is 4.51. The number of rotatable bonds is 6. The van der Waals surface area contributed by atoms with Crippen LogP contribution in [0.25, 0.3) is 0 Å². The Kier molecular flexibility index (Phi) is 6.65. The van der Waals surface area contributed by atoms with Gasteiger partial charge in [-0.3, -0.25) is 4.79 Å². The van der Waals surface area contributed by atoms with E-state index in [9.17, 15) is 9.90 Å². The van der Waals surface area contributed by atoms with Crippen molar-refractivity contribution in [2.24, 2.45) is 0 Å². The number of aromatic nitrogens is 1. The topological polar surface area (TPSA) is 65.5 Å². The first-order chi connectivity index (χ1) is 10.7. The van der Waals surface area contributed by atoms with Crippen LogP contribution in [-0.2, 0) is 0 Å². The molecule has 0 saturated carbocycles. The second-order valence-corrected chi connectivity index (χ2v) is 5.91. The van der Waals surface area contributed by atoms with Crippen molar-refractivity contribution in [1.82, 2.24) is 10.3 Å². The van der Waals surface area contributed by atoms with Crippen LogP contribution in [0.3, 0.4) is 0 Å². The predicted molar refractivity (Wildman–Crippen MR) is 88.2 cm³/mol. The minimum absolute atomic E-state index is 0.127. The number of carbonyl (C=O) groups is 1. The summed E-state index contributed by atoms with van der Waals surface area (Å²) in [5.41, 5.74) is 0.574. The summed E-state index contributed by atoms with van der Waals surface area (Å²) < 4.78 is 0. The number of amides is 1. The van der Waals surface area contributed by atoms with E-state index in [-0.39, 0.29) is 12.0 Å². The van der Waals surface area contributed by atoms with E-state index in [1.807, 2.05) is 19.1 Å². The van der Waals surface area contributed by atoms with Crippen molar-refractivity contribution in [1.29, 1.82) is 0 Å². The Bertz CT molecular complexity index is 453. The Morgan fingerprint density at radius 2 is 2.05 bits per heavy atom. The molecule has 1 unspecified atom stereocenters. The van der Waals surface area contributed by atoms with Crippen LogP contribution < -0.4 is 10.2 Å². The van der Waals surface area contributed by atoms with Gasteiger partial charge in [-0.05, 0) is 37.8 Å². The molecule has 0 radical (unpaired) electrons. The first-order valence-corrected chi connectivity index (χ1v) is 8.38. The van der Waals surface area contributed by atoms with Gasteiger partial charge in [0.2, 0.25) is 0 Å². The summed E-state index contributed by atoms with van der Waals surface area (Å²) in [5.74, 6) is 0.832. The molecule has 1 atom stereocenters. The zero-order valence-electron chi connectivity index (χ0n) is 13.4. The van der Waals surface area contributed by atoms with Gasteiger partial charge in [-0.1, -0.05) is 19.8 Å². The van der Waals surface area contributed by atoms with Crippen molar-refractivity contribution >= 4 is 11.7 Å². The van der Waals surface area contributed by atoms with Crippen LogP contribution in [0.1, 0.15) is 55.8 Å². The van der Waals surface area contributed by atoms with Crippen molar-refractivity contribution in [3.63, 3.8) is 0 Å². The number of aliphatic hydroxyl groups is 1. The van der Waals surface area contributed by atoms with Crippen molar-refractivity contribution in [2.75, 3.05) is 24.5 Å². The third-order valence-corrected chi connectivity index (χ3v) is 4.17. The van der Waals surface area contributed by atoms with Crippen LogP contribution in [0.15, 0.2) is 18.3 Å². The highest BCUT2D eigenvalue weighted by molar-refractivity contribution is 5.94. The number of hydrogen-bond donors (Lipinski definition) is 2. The zero-order chi connectivity index (χ0) is 15.8. The third kappa shape index (κ3) is 4.98. The Morgan fingerprint density at radius 3 is 2.64 bits per heavy atom. The van der Waals surface area contributed by atoms with E-state index in [0.29, 0.717) is 24.9 Å². The Balaban J connectivity index is 1.86. The third-order valence-electron chi connectivity index (χ3n) is 4.17. The molecule has 1 aromatic heterocycles. The van der Waals surface area contributed by atoms with Gasteiger partial charge < -0.3 is 15.3 Å². The van der Waals surface area contributed by atoms with Crippen LogP contribution in [0.5, 0.6) is 0 Å². The molecule has 0 aromatic carbocycles. The lowest BCUT2D eigenvalue weighted by molar-refractivity contribution is 0.0941. The quantitative estimate of drug-likeness (QED) is 0.847. The molecule has 122 valence electrons. The second-order valence-electron chi connectivity index (χ2n) is 5.91. The summed E-state index contributed by atoms with van der Waals surface area (Å²) >= 11 is 0. The fourth-order valence-corrected chi connectivity index (χ4v) is 2.67. The Labute approximate surface area is 132 Å². The van der Waals surface area contributed by atoms with Gasteiger partial charge >= 0.3 is 0 Å². The summed E-state index contributed by atoms with van der Waals surface area (Å²) in [6.07, 6.45) is 7.60. The summed E-state index contributed by atoms with van der Waals surface area (Å²) in [6, 6.07) is 3.76. The van der Waals surface area contributed by atoms with E-state index in [2.05, 4.69) is 15.2 Å². The van der Waals surface area contributed by atoms with E-state index in [0.717, 1.165) is 18.9 Å². The summed E-state index contributed by atoms with van der Waals surface area (Å²) in [5, 5.41) is 12.3. The lowest BCUT2D eigenvalue weighted by atomic mass is 10.2. The molecule has 1 aromatic rings. The van der Waals surface area contributed by atoms with Gasteiger partial charge in [-0.25, -0.2) is 4.98 Å². The van der Waals surface area contributed by atoms with E-state index in [1.54, 1.807) is 6.20 Å². The highest BCUT2D eigenvalue weighted by Crippen LogP contribution is 2.17. The van der Waals surface area contributed by atoms with E-state index >= 15 is 0 Å². The number of pyridine rings is 1. The van der Waals surface area contributed by atoms with Crippen molar-refractivity contribution < 1.29 is 9.90 Å². The van der Waals surface area contributed by atoms with Crippen LogP contribution in [0.2, 0.25) is 0 Å². The number of hydrogen-bond acceptors (Lipinski definition) is 4. The molecule has 0 bridgehead atoms. The predicted octanol–water partition coefficient (Wildman–Crippen LogP) is 2.35. The molecule has 1 aliphatic rings. The molecule has 5 nitrogen and oxygen atoms in total. The van der Waals surface area contributed by atoms with E-state index in [1.165, 1.54) is 25.7 Å². The number of carbonyl (C=O) groups excluding carboxylic acids is 1. The monoisotopic (exact) mass is 305 g/mol. The molecule has 2 rings (SSSR count). The standard InChI is InChI=1S/C17H27N3O2/c1-2-15(21)9-10-18-17(22)14-7-8-16(19-13-14)20-11-5-3-4-6-12-20/h7-8,13,15,21H,2-6,9-12H2,1H3,(H,18,22). The maximum Gasteiger partial charge on any atom is 0.252 e. The molecule has 0 aliphatic carbocycles. The minimum Gasteiger partial charge on any atom is -0.393 e. The van der Waals surface area contributed by atoms with Gasteiger partial charge in [0.05, 0.1) is 11.7 Å². The van der Waals surface area contributed by atoms with Gasteiger partial charge in [-0.2, -0.15) is 0 Å². The fourth-order valence-electron chi connectivity index (χ4n) is 2.67. The lowest BCUT2D eigenvalue weighted by Gasteiger charge is -2.21. The lowest BCUT2D eigenvalue weighted by Crippen LogP contribution is -2.28. The molecular weight excluding hydrogens is 278 g/mol. The van der Waals surface area contributed by atoms with Gasteiger partial charge in [0.15, 0.2) is 0 Å². The number of nitrogens with zero attached hydrogens (tertiary/aromatic N) is 2. The molecule has 1 aliphatic heterocycles. The summed E-state index contributed by atoms with van der Waals surface area (Å²) in [7, 11) is 0. The molecular formula is C17H27N3O2. The minimum atomic E-state index is -0.344. The molecule has 5 heteroatoms. The number of nitrogens with one attached hydrogen (secondary N) is 1. The molecule has 1 fully saturated rings. The van der Waals surface area contributed by atoms with Gasteiger partial charge in [-0.15, -0.1) is 0 Å². The average Bonchev–Trinajstić information content (AvgIpc) is 2.84. The highest BCUT2D eigenvalue weighted by Gasteiger charge is 2.12. The van der Waals surface area contributed by atoms with Crippen LogP contribution in [0, 0.1) is 0 Å². The first-order valence-electron chi connectivity index (χ1n) is 8.38. The largest absolute Gasteiger partial charge is 0.393 e. The maximum absolute atomic E-state index is 12.0. The normalized spacial score (nSPS) is 16.9. The van der Waals surface area contributed by atoms with Crippen molar-refractivity contribution in [3.8, 4) is 0 Å². The SMILES string of the molecule is CCC(O)CCNC(=O)c1ccc(N2CCCCCC2)nc1. The van der Waals surface area contributed by atoms with Gasteiger partial charge in [0.25, 0.3) is 5.91 Å². The first kappa shape index (κ1) is 16.7. The molecule has 2 N–H and O–H groups in total. The smallest absolute Gasteiger partial charge is 0.252 e. The van der Waals surface area contributed by atoms with Gasteiger partial charge in [0.1, 0.15) is 5.82 Å². The number of anilines is 1. The number of aliphatic hydroxyl groups excluding tert-OH is 1. The molecule has 2 heterocycles.